The summed E-state index contributed by atoms with van der Waals surface area (Å²) in [5.74, 6) is 0. The molecule has 0 atom stereocenters. The van der Waals surface area contributed by atoms with Crippen molar-refractivity contribution in [1.29, 1.82) is 0 Å². The molecule has 0 amide bonds. The second-order valence-electron chi connectivity index (χ2n) is 38.2. The lowest BCUT2D eigenvalue weighted by molar-refractivity contribution is 0.637. The molecule has 11 heterocycles. The Bertz CT molecular complexity index is 7870. The van der Waals surface area contributed by atoms with Crippen LogP contribution in [0.3, 0.4) is 0 Å². The monoisotopic (exact) mass is 1780 g/mol. The summed E-state index contributed by atoms with van der Waals surface area (Å²) in [5.41, 5.74) is 28.0. The highest BCUT2D eigenvalue weighted by Gasteiger charge is 2.21. The first-order valence-corrected chi connectivity index (χ1v) is 48.0. The molecule has 680 valence electrons. The molecule has 0 bridgehead atoms. The molecule has 0 saturated heterocycles. The third-order valence-corrected chi connectivity index (χ3v) is 26.1. The van der Waals surface area contributed by atoms with Crippen LogP contribution < -0.4 is 0 Å². The Morgan fingerprint density at radius 1 is 0.199 bits per heavy atom. The summed E-state index contributed by atoms with van der Waals surface area (Å²) in [6.45, 7) is 58.3. The van der Waals surface area contributed by atoms with Crippen LogP contribution in [0, 0.1) is 40.8 Å². The Morgan fingerprint density at radius 2 is 0.426 bits per heavy atom. The van der Waals surface area contributed by atoms with Crippen molar-refractivity contribution < 1.29 is 0 Å². The summed E-state index contributed by atoms with van der Waals surface area (Å²) in [6, 6.07) is 112. The number of nitrogens with zero attached hydrogens (tertiary/aromatic N) is 13. The van der Waals surface area contributed by atoms with Crippen LogP contribution in [0.1, 0.15) is 181 Å². The van der Waals surface area contributed by atoms with E-state index in [1.165, 1.54) is 175 Å². The van der Waals surface area contributed by atoms with E-state index in [1.807, 2.05) is 61.2 Å². The molecule has 0 radical (unpaired) electrons. The third-order valence-electron chi connectivity index (χ3n) is 26.1. The van der Waals surface area contributed by atoms with E-state index in [0.29, 0.717) is 59.7 Å². The maximum atomic E-state index is 7.18. The Hall–Kier alpha value is -15.3. The Balaban J connectivity index is 0.000000108. The van der Waals surface area contributed by atoms with Crippen LogP contribution in [0.5, 0.6) is 0 Å². The molecule has 11 aromatic heterocycles. The molecule has 0 N–H and O–H groups in total. The maximum Gasteiger partial charge on any atom is 0.189 e. The Morgan fingerprint density at radius 3 is 0.765 bits per heavy atom. The highest BCUT2D eigenvalue weighted by molar-refractivity contribution is 6.14. The third kappa shape index (κ3) is 17.7. The van der Waals surface area contributed by atoms with Crippen molar-refractivity contribution in [2.45, 2.75) is 187 Å². The first kappa shape index (κ1) is 92.5. The zero-order valence-electron chi connectivity index (χ0n) is 82.2. The number of benzene rings is 13. The minimum Gasteiger partial charge on any atom is -0.339 e. The number of rotatable bonds is 8. The number of para-hydroxylation sites is 7. The molecule has 0 aliphatic heterocycles. The lowest BCUT2D eigenvalue weighted by Crippen LogP contribution is -2.00. The quantitative estimate of drug-likeness (QED) is 0.142. The molecule has 0 unspecified atom stereocenters. The number of hydrogen-bond acceptors (Lipinski definition) is 3. The number of aryl methyl sites for hydroxylation is 4. The highest BCUT2D eigenvalue weighted by Crippen LogP contribution is 2.41. The summed E-state index contributed by atoms with van der Waals surface area (Å²) in [6.07, 6.45) is 7.54. The second-order valence-corrected chi connectivity index (χ2v) is 38.2. The van der Waals surface area contributed by atoms with Crippen molar-refractivity contribution in [3.05, 3.63) is 379 Å². The fourth-order valence-corrected chi connectivity index (χ4v) is 20.5. The van der Waals surface area contributed by atoms with Crippen LogP contribution in [0.2, 0.25) is 0 Å². The first-order valence-electron chi connectivity index (χ1n) is 48.0. The molecule has 13 nitrogen and oxygen atoms in total. The van der Waals surface area contributed by atoms with Gasteiger partial charge in [-0.3, -0.25) is 9.97 Å². The van der Waals surface area contributed by atoms with Crippen molar-refractivity contribution in [2.24, 2.45) is 0 Å². The van der Waals surface area contributed by atoms with E-state index in [1.54, 1.807) is 0 Å². The van der Waals surface area contributed by atoms with Gasteiger partial charge in [0.2, 0.25) is 0 Å². The van der Waals surface area contributed by atoms with Gasteiger partial charge in [0.25, 0.3) is 0 Å². The minimum absolute atomic E-state index is 0.378. The van der Waals surface area contributed by atoms with Crippen LogP contribution in [0.15, 0.2) is 334 Å². The molecule has 136 heavy (non-hydrogen) atoms. The molecule has 24 aromatic rings. The van der Waals surface area contributed by atoms with E-state index in [0.717, 1.165) is 22.2 Å². The van der Waals surface area contributed by atoms with Crippen molar-refractivity contribution in [3.63, 3.8) is 0 Å². The topological polar surface area (TPSA) is 86.8 Å². The highest BCUT2D eigenvalue weighted by atomic mass is 15.1. The van der Waals surface area contributed by atoms with Crippen LogP contribution in [-0.2, 0) is 0 Å². The van der Waals surface area contributed by atoms with E-state index >= 15 is 0 Å². The van der Waals surface area contributed by atoms with E-state index in [-0.39, 0.29) is 0 Å². The predicted octanol–water partition coefficient (Wildman–Crippen LogP) is 35.5. The zero-order chi connectivity index (χ0) is 95.6. The summed E-state index contributed by atoms with van der Waals surface area (Å²) >= 11 is 0. The van der Waals surface area contributed by atoms with Gasteiger partial charge in [-0.15, -0.1) is 0 Å². The van der Waals surface area contributed by atoms with Gasteiger partial charge in [-0.25, -0.2) is 14.7 Å². The van der Waals surface area contributed by atoms with Gasteiger partial charge in [0.05, 0.1) is 40.7 Å². The Labute approximate surface area is 798 Å². The maximum absolute atomic E-state index is 7.18. The van der Waals surface area contributed by atoms with E-state index < -0.39 is 0 Å². The predicted molar refractivity (Wildman–Crippen MR) is 583 cm³/mol. The summed E-state index contributed by atoms with van der Waals surface area (Å²) in [5, 5.41) is 19.5. The molecular formula is C123H123N13. The number of aromatic nitrogens is 11. The summed E-state index contributed by atoms with van der Waals surface area (Å²) < 4.78 is 18.9. The van der Waals surface area contributed by atoms with Gasteiger partial charge in [0.15, 0.2) is 11.4 Å². The van der Waals surface area contributed by atoms with Crippen LogP contribution >= 0.6 is 0 Å². The largest absolute Gasteiger partial charge is 0.339 e. The zero-order valence-corrected chi connectivity index (χ0v) is 82.2. The van der Waals surface area contributed by atoms with Gasteiger partial charge >= 0.3 is 0 Å². The molecule has 13 heteroatoms. The summed E-state index contributed by atoms with van der Waals surface area (Å²) in [7, 11) is 0. The smallest absolute Gasteiger partial charge is 0.189 e. The lowest BCUT2D eigenvalue weighted by Gasteiger charge is -2.12. The van der Waals surface area contributed by atoms with Crippen LogP contribution in [-0.4, -0.2) is 51.5 Å². The van der Waals surface area contributed by atoms with Gasteiger partial charge in [0, 0.05) is 215 Å². The van der Waals surface area contributed by atoms with Crippen molar-refractivity contribution in [1.82, 2.24) is 51.5 Å². The molecule has 13 aromatic carbocycles. The average molecular weight is 1780 g/mol. The molecule has 0 aliphatic carbocycles. The Kier molecular flexibility index (Phi) is 26.9. The van der Waals surface area contributed by atoms with Gasteiger partial charge in [0.1, 0.15) is 5.65 Å². The van der Waals surface area contributed by atoms with Gasteiger partial charge in [-0.2, -0.15) is 0 Å². The van der Waals surface area contributed by atoms with Gasteiger partial charge in [-0.05, 0) is 270 Å². The average Bonchev–Trinajstić information content (AvgIpc) is 1.58. The molecule has 0 saturated carbocycles. The van der Waals surface area contributed by atoms with Gasteiger partial charge in [-0.1, -0.05) is 200 Å². The fourth-order valence-electron chi connectivity index (χ4n) is 20.5. The molecule has 0 fully saturated rings. The normalized spacial score (nSPS) is 11.6. The molecular weight excluding hydrogens is 1660 g/mol. The molecule has 0 aliphatic rings. The van der Waals surface area contributed by atoms with E-state index in [9.17, 15) is 0 Å². The molecule has 0 spiro atoms. The number of pyridine rings is 3. The van der Waals surface area contributed by atoms with Crippen LogP contribution in [0.4, 0.5) is 11.4 Å². The standard InChI is InChI=1S/C17H16N2.C17H19N.C16H14N2.C16H17N.C15H15N.3C14H14N2/c1-11(2)19-16-9-12(3)5-7-14(16)15-8-6-13(18-4)10-17(15)19;1-11(2)18-16-9-12(3)5-7-14(16)15-8-6-13(4)10-17(15)18;1-11(2)18-15-7-5-4-6-13(15)14-9-8-12(17-3)10-16(14)18;1-11(2)17-15-7-5-4-6-13(15)14-9-8-12(3)10-16(14)17;1-11(2)16-14-9-5-3-7-12(14)13-8-4-6-10-15(13)16;1-10(2)16-13-8-4-3-6-11(13)12-7-5-9-15-14(12)16;1-10(2)16-12-7-4-3-6-11(12)14-13(16)8-5-9-15-14;1-10(2)16-13-6-4-3-5-11(13)12-9-15-8-7-14(12)16/h5-11H,1-3H3;5-11H,1-4H3;4-11H,1-2H3;4-11H,1-3H3;3-11H,1-2H3;3*3-10H,1-2H3. The summed E-state index contributed by atoms with van der Waals surface area (Å²) in [4.78, 5) is 20.3. The number of fused-ring (bicyclic) bond motifs is 24. The van der Waals surface area contributed by atoms with E-state index in [4.69, 9.17) is 13.1 Å². The second kappa shape index (κ2) is 39.5. The van der Waals surface area contributed by atoms with E-state index in [2.05, 4.69) is 473 Å². The van der Waals surface area contributed by atoms with Gasteiger partial charge < -0.3 is 36.5 Å². The van der Waals surface area contributed by atoms with Crippen LogP contribution in [0.25, 0.3) is 184 Å². The fraction of sp³-hybridized carbons (Fsp3) is 0.228. The minimum atomic E-state index is 0.378. The lowest BCUT2D eigenvalue weighted by atomic mass is 10.1. The number of hydrogen-bond donors (Lipinski definition) is 0. The van der Waals surface area contributed by atoms with Crippen molar-refractivity contribution in [2.75, 3.05) is 0 Å². The first-order chi connectivity index (χ1) is 65.7. The van der Waals surface area contributed by atoms with Crippen molar-refractivity contribution in [3.8, 4) is 0 Å². The van der Waals surface area contributed by atoms with Crippen molar-refractivity contribution >= 4 is 186 Å². The SMILES string of the molecule is CC(C)n1c2ccccc2c2ccccc21.CC(C)n1c2ccccc2c2cccnc21.CC(C)n1c2ccccc2c2cnccc21.CC(C)n1c2ccccc2c2ncccc21.Cc1ccc2c3ccc(C)cc3n(C(C)C)c2c1.Cc1ccc2c3ccccc3n(C(C)C)c2c1.[C-]#[N+]c1ccc2c3ccc(C)cc3n(C(C)C)c2c1.[C-]#[N+]c1ccc2c3ccccc3n(C(C)C)c2c1. The molecule has 24 rings (SSSR count).